The van der Waals surface area contributed by atoms with Crippen LogP contribution in [0.25, 0.3) is 0 Å². The van der Waals surface area contributed by atoms with E-state index in [-0.39, 0.29) is 33.3 Å². The second-order valence-corrected chi connectivity index (χ2v) is 4.45. The molecule has 2 aromatic heterocycles. The first-order valence-corrected chi connectivity index (χ1v) is 6.31. The minimum atomic E-state index is -1.00. The Morgan fingerprint density at radius 2 is 1.30 bits per heavy atom. The molecule has 2 heterocycles. The zero-order valence-corrected chi connectivity index (χ0v) is 13.5. The van der Waals surface area contributed by atoms with Crippen molar-refractivity contribution in [3.05, 3.63) is 36.4 Å². The molecule has 0 aromatic carbocycles. The molecule has 2 aromatic rings. The van der Waals surface area contributed by atoms with Crippen molar-refractivity contribution in [3.63, 3.8) is 0 Å². The molecule has 0 radical (unpaired) electrons. The topological polar surface area (TPSA) is 184 Å². The average Bonchev–Trinajstić information content (AvgIpc) is 3.12. The minimum Gasteiger partial charge on any atom is -0.480 e. The van der Waals surface area contributed by atoms with Crippen LogP contribution in [0.5, 0.6) is 0 Å². The fourth-order valence-electron chi connectivity index (χ4n) is 1.44. The summed E-state index contributed by atoms with van der Waals surface area (Å²) in [6.45, 7) is 0. The maximum atomic E-state index is 10.3. The number of hydrogen-bond donors (Lipinski definition) is 6. The number of aromatic amines is 2. The van der Waals surface area contributed by atoms with Gasteiger partial charge in [-0.2, -0.15) is 0 Å². The zero-order chi connectivity index (χ0) is 16.5. The van der Waals surface area contributed by atoms with Crippen molar-refractivity contribution in [3.8, 4) is 0 Å². The van der Waals surface area contributed by atoms with Crippen molar-refractivity contribution in [1.29, 1.82) is 0 Å². The second kappa shape index (κ2) is 10.6. The van der Waals surface area contributed by atoms with E-state index in [1.165, 1.54) is 12.7 Å². The van der Waals surface area contributed by atoms with Gasteiger partial charge in [0.25, 0.3) is 0 Å². The molecule has 0 fully saturated rings. The van der Waals surface area contributed by atoms with E-state index in [9.17, 15) is 9.59 Å². The molecule has 0 saturated carbocycles. The van der Waals surface area contributed by atoms with Gasteiger partial charge in [0.05, 0.1) is 12.7 Å². The van der Waals surface area contributed by atoms with E-state index in [0.717, 1.165) is 11.4 Å². The maximum absolute atomic E-state index is 10.3. The quantitative estimate of drug-likeness (QED) is 0.314. The molecule has 0 spiro atoms. The Bertz CT molecular complexity index is 522. The number of rotatable bonds is 6. The number of H-pyrrole nitrogens is 2. The molecular formula is C12H18N6O4Pd. The van der Waals surface area contributed by atoms with Gasteiger partial charge in [-0.05, 0) is 0 Å². The summed E-state index contributed by atoms with van der Waals surface area (Å²) < 4.78 is 0. The number of hydrogen-bond acceptors (Lipinski definition) is 6. The first-order valence-electron chi connectivity index (χ1n) is 6.31. The maximum Gasteiger partial charge on any atom is 0.320 e. The van der Waals surface area contributed by atoms with Gasteiger partial charge in [0.1, 0.15) is 12.1 Å². The third-order valence-electron chi connectivity index (χ3n) is 2.62. The third-order valence-corrected chi connectivity index (χ3v) is 2.62. The Balaban J connectivity index is 0.000000403. The Kier molecular flexibility index (Phi) is 9.68. The number of nitrogens with two attached hydrogens (primary N) is 2. The van der Waals surface area contributed by atoms with Crippen LogP contribution in [0.15, 0.2) is 25.0 Å². The van der Waals surface area contributed by atoms with E-state index >= 15 is 0 Å². The molecule has 10 nitrogen and oxygen atoms in total. The van der Waals surface area contributed by atoms with E-state index in [1.807, 2.05) is 0 Å². The predicted octanol–water partition coefficient (Wildman–Crippen LogP) is -1.27. The van der Waals surface area contributed by atoms with Crippen molar-refractivity contribution in [2.24, 2.45) is 11.5 Å². The number of carboxylic acids is 2. The van der Waals surface area contributed by atoms with Crippen molar-refractivity contribution >= 4 is 11.9 Å². The van der Waals surface area contributed by atoms with Crippen LogP contribution in [0.4, 0.5) is 0 Å². The SMILES string of the molecule is N[C@@H](Cc1cnc[nH]1)C(=O)O.N[C@@H](Cc1cnc[nH]1)C(=O)O.[Pd]. The summed E-state index contributed by atoms with van der Waals surface area (Å²) in [4.78, 5) is 33.5. The number of carboxylic acid groups (broad SMARTS) is 2. The zero-order valence-electron chi connectivity index (χ0n) is 12.0. The van der Waals surface area contributed by atoms with Crippen LogP contribution in [0.1, 0.15) is 11.4 Å². The molecule has 0 saturated heterocycles. The molecule has 0 aliphatic carbocycles. The fourth-order valence-corrected chi connectivity index (χ4v) is 1.44. The normalized spacial score (nSPS) is 12.3. The standard InChI is InChI=1S/2C6H9N3O2.Pd/c2*7-5(6(10)11)1-4-2-8-3-9-4;/h2*2-3,5H,1,7H2,(H,8,9)(H,10,11);/t2*5-;/m00./s1. The summed E-state index contributed by atoms with van der Waals surface area (Å²) in [5.41, 5.74) is 12.0. The van der Waals surface area contributed by atoms with Crippen molar-refractivity contribution in [2.45, 2.75) is 24.9 Å². The Morgan fingerprint density at radius 1 is 0.957 bits per heavy atom. The van der Waals surface area contributed by atoms with Crippen LogP contribution >= 0.6 is 0 Å². The Labute approximate surface area is 145 Å². The van der Waals surface area contributed by atoms with Crippen LogP contribution in [-0.4, -0.2) is 54.2 Å². The van der Waals surface area contributed by atoms with Gasteiger partial charge in [-0.1, -0.05) is 0 Å². The molecule has 2 atom stereocenters. The number of nitrogens with zero attached hydrogens (tertiary/aromatic N) is 2. The smallest absolute Gasteiger partial charge is 0.320 e. The number of aliphatic carboxylic acids is 2. The van der Waals surface area contributed by atoms with Crippen LogP contribution in [-0.2, 0) is 42.9 Å². The first-order chi connectivity index (χ1) is 10.4. The molecule has 0 aliphatic rings. The monoisotopic (exact) mass is 416 g/mol. The molecule has 23 heavy (non-hydrogen) atoms. The largest absolute Gasteiger partial charge is 0.480 e. The number of nitrogens with one attached hydrogen (secondary N) is 2. The van der Waals surface area contributed by atoms with Gasteiger partial charge in [-0.3, -0.25) is 9.59 Å². The predicted molar refractivity (Wildman–Crippen MR) is 75.8 cm³/mol. The summed E-state index contributed by atoms with van der Waals surface area (Å²) in [7, 11) is 0. The summed E-state index contributed by atoms with van der Waals surface area (Å²) in [5.74, 6) is -2.00. The molecule has 0 amide bonds. The van der Waals surface area contributed by atoms with Gasteiger partial charge in [0.2, 0.25) is 0 Å². The third kappa shape index (κ3) is 8.22. The van der Waals surface area contributed by atoms with Crippen molar-refractivity contribution < 1.29 is 40.2 Å². The van der Waals surface area contributed by atoms with Crippen LogP contribution in [0, 0.1) is 0 Å². The molecule has 0 bridgehead atoms. The van der Waals surface area contributed by atoms with E-state index in [2.05, 4.69) is 19.9 Å². The Hall–Kier alpha value is -2.06. The van der Waals surface area contributed by atoms with E-state index in [1.54, 1.807) is 12.4 Å². The van der Waals surface area contributed by atoms with E-state index in [0.29, 0.717) is 0 Å². The van der Waals surface area contributed by atoms with Gasteiger partial charge in [0, 0.05) is 57.0 Å². The summed E-state index contributed by atoms with van der Waals surface area (Å²) >= 11 is 0. The average molecular weight is 417 g/mol. The van der Waals surface area contributed by atoms with Gasteiger partial charge < -0.3 is 31.6 Å². The number of aromatic nitrogens is 4. The second-order valence-electron chi connectivity index (χ2n) is 4.45. The van der Waals surface area contributed by atoms with Crippen LogP contribution < -0.4 is 11.5 Å². The van der Waals surface area contributed by atoms with Crippen LogP contribution in [0.3, 0.4) is 0 Å². The Morgan fingerprint density at radius 3 is 1.52 bits per heavy atom. The van der Waals surface area contributed by atoms with E-state index < -0.39 is 24.0 Å². The minimum absolute atomic E-state index is 0. The molecule has 2 rings (SSSR count). The van der Waals surface area contributed by atoms with Crippen LogP contribution in [0.2, 0.25) is 0 Å². The molecular weight excluding hydrogens is 399 g/mol. The van der Waals surface area contributed by atoms with Gasteiger partial charge >= 0.3 is 11.9 Å². The number of imidazole rings is 2. The van der Waals surface area contributed by atoms with Gasteiger partial charge in [-0.15, -0.1) is 0 Å². The number of carbonyl (C=O) groups is 2. The summed E-state index contributed by atoms with van der Waals surface area (Å²) in [6.07, 6.45) is 6.67. The van der Waals surface area contributed by atoms with Crippen molar-refractivity contribution in [2.75, 3.05) is 0 Å². The van der Waals surface area contributed by atoms with Gasteiger partial charge in [-0.25, -0.2) is 9.97 Å². The molecule has 0 unspecified atom stereocenters. The molecule has 130 valence electrons. The van der Waals surface area contributed by atoms with E-state index in [4.69, 9.17) is 21.7 Å². The molecule has 8 N–H and O–H groups in total. The summed E-state index contributed by atoms with van der Waals surface area (Å²) in [6, 6.07) is -1.70. The van der Waals surface area contributed by atoms with Gasteiger partial charge in [0.15, 0.2) is 0 Å². The first kappa shape index (κ1) is 20.9. The molecule has 0 aliphatic heterocycles. The van der Waals surface area contributed by atoms with Crippen molar-refractivity contribution in [1.82, 2.24) is 19.9 Å². The summed E-state index contributed by atoms with van der Waals surface area (Å²) in [5, 5.41) is 16.8. The molecule has 11 heteroatoms. The fraction of sp³-hybridized carbons (Fsp3) is 0.333.